The van der Waals surface area contributed by atoms with Gasteiger partial charge in [-0.1, -0.05) is 0 Å². The van der Waals surface area contributed by atoms with Crippen LogP contribution in [0.2, 0.25) is 0 Å². The normalized spacial score (nSPS) is 8.40. The number of hydrogen-bond acceptors (Lipinski definition) is 3. The lowest BCUT2D eigenvalue weighted by molar-refractivity contribution is 0.270. The molecule has 0 aliphatic rings. The molecule has 0 rings (SSSR count). The van der Waals surface area contributed by atoms with Crippen molar-refractivity contribution >= 4 is 12.6 Å². The fraction of sp³-hybridized carbons (Fsp3) is 1.00. The Morgan fingerprint density at radius 1 is 1.80 bits per heavy atom. The van der Waals surface area contributed by atoms with Crippen LogP contribution in [-0.2, 0) is 0 Å². The number of nitrogens with one attached hydrogen (secondary N) is 1. The first-order valence-electron chi connectivity index (χ1n) is 1.34. The van der Waals surface area contributed by atoms with Gasteiger partial charge in [0.15, 0.2) is 0 Å². The topological polar surface area (TPSA) is 32.3 Å². The minimum absolute atomic E-state index is 0.0174. The first-order valence-corrected chi connectivity index (χ1v) is 1.97. The van der Waals surface area contributed by atoms with Gasteiger partial charge in [0.05, 0.1) is 6.73 Å². The number of hydrogen-bond donors (Lipinski definition) is 3. The van der Waals surface area contributed by atoms with E-state index in [1.165, 1.54) is 0 Å². The van der Waals surface area contributed by atoms with Crippen LogP contribution in [0.1, 0.15) is 0 Å². The van der Waals surface area contributed by atoms with Crippen LogP contribution < -0.4 is 5.32 Å². The summed E-state index contributed by atoms with van der Waals surface area (Å²) in [5.74, 6) is 0.538. The molecule has 2 N–H and O–H groups in total. The molecule has 0 atom stereocenters. The van der Waals surface area contributed by atoms with Gasteiger partial charge in [0.25, 0.3) is 0 Å². The molecule has 0 fully saturated rings. The minimum Gasteiger partial charge on any atom is -0.381 e. The molecule has 0 aliphatic heterocycles. The Morgan fingerprint density at radius 3 is 2.40 bits per heavy atom. The lowest BCUT2D eigenvalue weighted by atomic mass is 11.2. The van der Waals surface area contributed by atoms with Crippen LogP contribution in [0.3, 0.4) is 0 Å². The Hall–Kier alpha value is 0.270. The third-order valence-corrected chi connectivity index (χ3v) is 0.447. The summed E-state index contributed by atoms with van der Waals surface area (Å²) in [7, 11) is 0. The van der Waals surface area contributed by atoms with Gasteiger partial charge in [0, 0.05) is 5.88 Å². The van der Waals surface area contributed by atoms with Crippen LogP contribution in [0.25, 0.3) is 0 Å². The second-order valence-corrected chi connectivity index (χ2v) is 0.882. The van der Waals surface area contributed by atoms with Crippen molar-refractivity contribution in [3.63, 3.8) is 0 Å². The van der Waals surface area contributed by atoms with Crippen LogP contribution in [0, 0.1) is 0 Å². The Kier molecular flexibility index (Phi) is 4.50. The lowest BCUT2D eigenvalue weighted by Gasteiger charge is -1.85. The fourth-order valence-corrected chi connectivity index (χ4v) is 0.150. The van der Waals surface area contributed by atoms with Crippen molar-refractivity contribution in [1.29, 1.82) is 0 Å². The molecule has 0 spiro atoms. The van der Waals surface area contributed by atoms with Gasteiger partial charge < -0.3 is 5.11 Å². The standard InChI is InChI=1S/C2H7NOS/c4-1-3-2-5/h3-5H,1-2H2. The lowest BCUT2D eigenvalue weighted by Crippen LogP contribution is -2.10. The summed E-state index contributed by atoms with van der Waals surface area (Å²) in [6.07, 6.45) is 0. The van der Waals surface area contributed by atoms with Gasteiger partial charge >= 0.3 is 0 Å². The van der Waals surface area contributed by atoms with Gasteiger partial charge in [0.2, 0.25) is 0 Å². The van der Waals surface area contributed by atoms with E-state index in [4.69, 9.17) is 5.11 Å². The van der Waals surface area contributed by atoms with E-state index >= 15 is 0 Å². The maximum atomic E-state index is 7.91. The second kappa shape index (κ2) is 4.27. The molecule has 0 heterocycles. The Labute approximate surface area is 36.6 Å². The summed E-state index contributed by atoms with van der Waals surface area (Å²) in [6, 6.07) is 0. The highest BCUT2D eigenvalue weighted by molar-refractivity contribution is 7.80. The largest absolute Gasteiger partial charge is 0.381 e. The van der Waals surface area contributed by atoms with Crippen molar-refractivity contribution < 1.29 is 5.11 Å². The molecule has 0 saturated heterocycles. The summed E-state index contributed by atoms with van der Waals surface area (Å²) in [5, 5.41) is 10.4. The molecule has 0 amide bonds. The van der Waals surface area contributed by atoms with E-state index < -0.39 is 0 Å². The fourth-order valence-electron chi connectivity index (χ4n) is 0.0500. The van der Waals surface area contributed by atoms with E-state index in [2.05, 4.69) is 17.9 Å². The highest BCUT2D eigenvalue weighted by Gasteiger charge is 1.64. The van der Waals surface area contributed by atoms with E-state index in [9.17, 15) is 0 Å². The van der Waals surface area contributed by atoms with Gasteiger partial charge in [-0.2, -0.15) is 12.6 Å². The van der Waals surface area contributed by atoms with Gasteiger partial charge in [-0.05, 0) is 0 Å². The van der Waals surface area contributed by atoms with Crippen LogP contribution in [-0.4, -0.2) is 17.7 Å². The monoisotopic (exact) mass is 93.0 g/mol. The molecule has 0 saturated carbocycles. The van der Waals surface area contributed by atoms with Crippen molar-refractivity contribution in [2.75, 3.05) is 12.6 Å². The number of rotatable bonds is 2. The van der Waals surface area contributed by atoms with Crippen molar-refractivity contribution in [2.24, 2.45) is 0 Å². The molecule has 0 aromatic rings. The van der Waals surface area contributed by atoms with Crippen LogP contribution in [0.15, 0.2) is 0 Å². The smallest absolute Gasteiger partial charge is 0.0937 e. The maximum absolute atomic E-state index is 7.91. The zero-order chi connectivity index (χ0) is 4.12. The Morgan fingerprint density at radius 2 is 2.40 bits per heavy atom. The van der Waals surface area contributed by atoms with Gasteiger partial charge in [-0.25, -0.2) is 0 Å². The highest BCUT2D eigenvalue weighted by Crippen LogP contribution is 1.57. The zero-order valence-electron chi connectivity index (χ0n) is 2.81. The minimum atomic E-state index is 0.0174. The first kappa shape index (κ1) is 5.27. The maximum Gasteiger partial charge on any atom is 0.0937 e. The van der Waals surface area contributed by atoms with E-state index in [1.807, 2.05) is 0 Å². The van der Waals surface area contributed by atoms with Gasteiger partial charge in [0.1, 0.15) is 0 Å². The molecule has 0 bridgehead atoms. The van der Waals surface area contributed by atoms with E-state index in [0.717, 1.165) is 0 Å². The average molecular weight is 93.2 g/mol. The molecule has 0 unspecified atom stereocenters. The van der Waals surface area contributed by atoms with Crippen molar-refractivity contribution in [2.45, 2.75) is 0 Å². The molecule has 3 heteroatoms. The van der Waals surface area contributed by atoms with Gasteiger partial charge in [-0.3, -0.25) is 5.32 Å². The van der Waals surface area contributed by atoms with Crippen LogP contribution in [0.5, 0.6) is 0 Å². The summed E-state index contributed by atoms with van der Waals surface area (Å²) >= 11 is 3.73. The van der Waals surface area contributed by atoms with Crippen LogP contribution in [0.4, 0.5) is 0 Å². The summed E-state index contributed by atoms with van der Waals surface area (Å²) in [5.41, 5.74) is 0. The van der Waals surface area contributed by atoms with E-state index in [0.29, 0.717) is 5.88 Å². The molecular weight excluding hydrogens is 86.1 g/mol. The molecular formula is C2H7NOS. The third kappa shape index (κ3) is 4.27. The predicted octanol–water partition coefficient (Wildman–Crippen LogP) is -0.587. The van der Waals surface area contributed by atoms with Crippen molar-refractivity contribution in [1.82, 2.24) is 5.32 Å². The summed E-state index contributed by atoms with van der Waals surface area (Å²) < 4.78 is 0. The highest BCUT2D eigenvalue weighted by atomic mass is 32.1. The van der Waals surface area contributed by atoms with Gasteiger partial charge in [-0.15, -0.1) is 0 Å². The zero-order valence-corrected chi connectivity index (χ0v) is 3.70. The first-order chi connectivity index (χ1) is 2.41. The Balaban J connectivity index is 2.19. The van der Waals surface area contributed by atoms with Crippen molar-refractivity contribution in [3.8, 4) is 0 Å². The molecule has 5 heavy (non-hydrogen) atoms. The summed E-state index contributed by atoms with van der Waals surface area (Å²) in [6.45, 7) is 0.0174. The molecule has 32 valence electrons. The molecule has 0 aromatic heterocycles. The quantitative estimate of drug-likeness (QED) is 0.315. The van der Waals surface area contributed by atoms with Crippen LogP contribution >= 0.6 is 12.6 Å². The predicted molar refractivity (Wildman–Crippen MR) is 24.1 cm³/mol. The average Bonchev–Trinajstić information content (AvgIpc) is 1.41. The Bertz CT molecular complexity index is 17.1. The SMILES string of the molecule is OCNCS. The third-order valence-electron chi connectivity index (χ3n) is 0.224. The van der Waals surface area contributed by atoms with E-state index in [-0.39, 0.29) is 6.73 Å². The number of aliphatic hydroxyl groups is 1. The molecule has 0 aliphatic carbocycles. The number of thiol groups is 1. The second-order valence-electron chi connectivity index (χ2n) is 0.566. The molecule has 2 nitrogen and oxygen atoms in total. The van der Waals surface area contributed by atoms with E-state index in [1.54, 1.807) is 0 Å². The molecule has 0 radical (unpaired) electrons. The van der Waals surface area contributed by atoms with Crippen molar-refractivity contribution in [3.05, 3.63) is 0 Å². The molecule has 0 aromatic carbocycles. The summed E-state index contributed by atoms with van der Waals surface area (Å²) in [4.78, 5) is 0. The number of aliphatic hydroxyl groups excluding tert-OH is 1.